The number of carbonyl (C=O) groups excluding carboxylic acids is 1. The first kappa shape index (κ1) is 24.8. The van der Waals surface area contributed by atoms with Gasteiger partial charge in [0.15, 0.2) is 17.5 Å². The van der Waals surface area contributed by atoms with Crippen LogP contribution in [0.15, 0.2) is 77.7 Å². The van der Waals surface area contributed by atoms with Crippen molar-refractivity contribution < 1.29 is 24.2 Å². The molecule has 0 spiro atoms. The number of carboxylic acids is 1. The second kappa shape index (κ2) is 10.9. The molecule has 0 aliphatic carbocycles. The zero-order valence-corrected chi connectivity index (χ0v) is 20.9. The molecule has 0 unspecified atom stereocenters. The van der Waals surface area contributed by atoms with Crippen molar-refractivity contribution in [1.82, 2.24) is 4.90 Å². The SMILES string of the molecule is COc1cc(/C=C2/SC(=S)N([C@@H](C(=O)O)c3ccccc3)C2=O)ccc1OCc1ccccc1Cl. The molecule has 6 nitrogen and oxygen atoms in total. The van der Waals surface area contributed by atoms with Crippen LogP contribution in [-0.2, 0) is 16.2 Å². The normalized spacial score (nSPS) is 15.4. The number of carbonyl (C=O) groups is 2. The molecule has 1 heterocycles. The molecule has 0 bridgehead atoms. The maximum Gasteiger partial charge on any atom is 0.331 e. The number of methoxy groups -OCH3 is 1. The lowest BCUT2D eigenvalue weighted by atomic mass is 10.1. The van der Waals surface area contributed by atoms with Crippen molar-refractivity contribution >= 4 is 57.9 Å². The summed E-state index contributed by atoms with van der Waals surface area (Å²) in [6, 6.07) is 20.0. The van der Waals surface area contributed by atoms with Gasteiger partial charge in [0.2, 0.25) is 0 Å². The molecule has 35 heavy (non-hydrogen) atoms. The molecule has 9 heteroatoms. The van der Waals surface area contributed by atoms with E-state index in [1.807, 2.05) is 18.2 Å². The van der Waals surface area contributed by atoms with E-state index < -0.39 is 17.9 Å². The molecule has 1 aliphatic heterocycles. The lowest BCUT2D eigenvalue weighted by molar-refractivity contribution is -0.145. The average Bonchev–Trinajstić information content (AvgIpc) is 3.12. The Hall–Kier alpha value is -3.33. The quantitative estimate of drug-likeness (QED) is 0.287. The summed E-state index contributed by atoms with van der Waals surface area (Å²) in [7, 11) is 1.53. The number of nitrogens with zero attached hydrogens (tertiary/aromatic N) is 1. The van der Waals surface area contributed by atoms with E-state index in [4.69, 9.17) is 33.3 Å². The number of carboxylic acid groups (broad SMARTS) is 1. The Morgan fingerprint density at radius 3 is 2.51 bits per heavy atom. The molecule has 0 aromatic heterocycles. The monoisotopic (exact) mass is 525 g/mol. The number of rotatable bonds is 8. The number of amides is 1. The molecule has 0 radical (unpaired) electrons. The first-order valence-corrected chi connectivity index (χ1v) is 12.1. The van der Waals surface area contributed by atoms with Gasteiger partial charge in [-0.3, -0.25) is 9.69 Å². The van der Waals surface area contributed by atoms with Crippen molar-refractivity contribution in [2.45, 2.75) is 12.6 Å². The molecule has 1 amide bonds. The summed E-state index contributed by atoms with van der Waals surface area (Å²) in [5, 5.41) is 10.4. The molecule has 1 aliphatic rings. The van der Waals surface area contributed by atoms with Crippen molar-refractivity contribution in [2.75, 3.05) is 7.11 Å². The predicted octanol–water partition coefficient (Wildman–Crippen LogP) is 5.95. The van der Waals surface area contributed by atoms with Gasteiger partial charge in [0.05, 0.1) is 12.0 Å². The fraction of sp³-hybridized carbons (Fsp3) is 0.115. The smallest absolute Gasteiger partial charge is 0.331 e. The molecule has 0 saturated carbocycles. The largest absolute Gasteiger partial charge is 0.493 e. The van der Waals surface area contributed by atoms with Crippen LogP contribution in [0.2, 0.25) is 5.02 Å². The third kappa shape index (κ3) is 5.51. The highest BCUT2D eigenvalue weighted by molar-refractivity contribution is 8.26. The fourth-order valence-electron chi connectivity index (χ4n) is 3.56. The molecule has 1 fully saturated rings. The lowest BCUT2D eigenvalue weighted by Gasteiger charge is -2.23. The maximum atomic E-state index is 13.2. The molecule has 1 saturated heterocycles. The first-order chi connectivity index (χ1) is 16.9. The van der Waals surface area contributed by atoms with E-state index in [1.165, 1.54) is 7.11 Å². The number of thioether (sulfide) groups is 1. The summed E-state index contributed by atoms with van der Waals surface area (Å²) in [4.78, 5) is 26.7. The van der Waals surface area contributed by atoms with Crippen LogP contribution in [0.1, 0.15) is 22.7 Å². The maximum absolute atomic E-state index is 13.2. The zero-order valence-electron chi connectivity index (χ0n) is 18.5. The summed E-state index contributed by atoms with van der Waals surface area (Å²) in [5.41, 5.74) is 1.99. The van der Waals surface area contributed by atoms with Crippen molar-refractivity contribution in [2.24, 2.45) is 0 Å². The third-order valence-corrected chi connectivity index (χ3v) is 6.96. The Bertz CT molecular complexity index is 1310. The Balaban J connectivity index is 1.56. The molecule has 3 aromatic rings. The van der Waals surface area contributed by atoms with Gasteiger partial charge < -0.3 is 14.6 Å². The minimum Gasteiger partial charge on any atom is -0.493 e. The number of ether oxygens (including phenoxy) is 2. The standard InChI is InChI=1S/C26H20ClNO5S2/c1-32-21-13-16(11-12-20(21)33-15-18-9-5-6-10-19(18)27)14-22-24(29)28(26(34)35-22)23(25(30)31)17-7-3-2-4-8-17/h2-14,23H,15H2,1H3,(H,30,31)/b22-14+/t23-/m1/s1. The summed E-state index contributed by atoms with van der Waals surface area (Å²) in [6.07, 6.45) is 1.66. The molecular formula is C26H20ClNO5S2. The first-order valence-electron chi connectivity index (χ1n) is 10.5. The van der Waals surface area contributed by atoms with Crippen LogP contribution in [0, 0.1) is 0 Å². The number of aliphatic carboxylic acids is 1. The van der Waals surface area contributed by atoms with Crippen molar-refractivity contribution in [3.8, 4) is 11.5 Å². The van der Waals surface area contributed by atoms with E-state index in [2.05, 4.69) is 0 Å². The second-order valence-corrected chi connectivity index (χ2v) is 9.58. The summed E-state index contributed by atoms with van der Waals surface area (Å²) in [5.74, 6) is -0.620. The van der Waals surface area contributed by atoms with Crippen LogP contribution in [-0.4, -0.2) is 33.3 Å². The van der Waals surface area contributed by atoms with E-state index in [1.54, 1.807) is 60.7 Å². The Morgan fingerprint density at radius 1 is 1.11 bits per heavy atom. The summed E-state index contributed by atoms with van der Waals surface area (Å²) in [6.45, 7) is 0.268. The van der Waals surface area contributed by atoms with Gasteiger partial charge in [0.25, 0.3) is 5.91 Å². The van der Waals surface area contributed by atoms with E-state index in [0.717, 1.165) is 22.2 Å². The summed E-state index contributed by atoms with van der Waals surface area (Å²) < 4.78 is 11.5. The van der Waals surface area contributed by atoms with Gasteiger partial charge in [-0.15, -0.1) is 0 Å². The molecule has 4 rings (SSSR count). The molecular weight excluding hydrogens is 506 g/mol. The van der Waals surface area contributed by atoms with Gasteiger partial charge in [0, 0.05) is 10.6 Å². The van der Waals surface area contributed by atoms with Crippen LogP contribution in [0.4, 0.5) is 0 Å². The van der Waals surface area contributed by atoms with E-state index in [0.29, 0.717) is 32.6 Å². The van der Waals surface area contributed by atoms with Crippen LogP contribution < -0.4 is 9.47 Å². The van der Waals surface area contributed by atoms with Crippen LogP contribution in [0.25, 0.3) is 6.08 Å². The third-order valence-electron chi connectivity index (χ3n) is 5.26. The predicted molar refractivity (Wildman–Crippen MR) is 141 cm³/mol. The Kier molecular flexibility index (Phi) is 7.75. The Labute approximate surface area is 217 Å². The van der Waals surface area contributed by atoms with E-state index in [9.17, 15) is 14.7 Å². The van der Waals surface area contributed by atoms with E-state index >= 15 is 0 Å². The summed E-state index contributed by atoms with van der Waals surface area (Å²) >= 11 is 12.6. The van der Waals surface area contributed by atoms with Gasteiger partial charge in [-0.1, -0.05) is 90.2 Å². The highest BCUT2D eigenvalue weighted by atomic mass is 35.5. The zero-order chi connectivity index (χ0) is 24.9. The molecule has 178 valence electrons. The topological polar surface area (TPSA) is 76.1 Å². The fourth-order valence-corrected chi connectivity index (χ4v) is 5.06. The number of hydrogen-bond donors (Lipinski definition) is 1. The van der Waals surface area contributed by atoms with Gasteiger partial charge in [-0.05, 0) is 35.4 Å². The lowest BCUT2D eigenvalue weighted by Crippen LogP contribution is -2.37. The van der Waals surface area contributed by atoms with Gasteiger partial charge in [-0.25, -0.2) is 4.79 Å². The minimum absolute atomic E-state index is 0.184. The van der Waals surface area contributed by atoms with Crippen LogP contribution >= 0.6 is 35.6 Å². The van der Waals surface area contributed by atoms with Crippen LogP contribution in [0.5, 0.6) is 11.5 Å². The molecule has 3 aromatic carbocycles. The van der Waals surface area contributed by atoms with E-state index in [-0.39, 0.29) is 10.9 Å². The molecule has 1 atom stereocenters. The highest BCUT2D eigenvalue weighted by Gasteiger charge is 2.41. The molecule has 1 N–H and O–H groups in total. The van der Waals surface area contributed by atoms with Crippen molar-refractivity contribution in [3.63, 3.8) is 0 Å². The average molecular weight is 526 g/mol. The number of benzene rings is 3. The number of thiocarbonyl (C=S) groups is 1. The number of hydrogen-bond acceptors (Lipinski definition) is 6. The highest BCUT2D eigenvalue weighted by Crippen LogP contribution is 2.39. The van der Waals surface area contributed by atoms with Crippen molar-refractivity contribution in [1.29, 1.82) is 0 Å². The van der Waals surface area contributed by atoms with Crippen LogP contribution in [0.3, 0.4) is 0 Å². The second-order valence-electron chi connectivity index (χ2n) is 7.49. The Morgan fingerprint density at radius 2 is 1.83 bits per heavy atom. The number of halogens is 1. The van der Waals surface area contributed by atoms with Gasteiger partial charge in [-0.2, -0.15) is 0 Å². The van der Waals surface area contributed by atoms with Gasteiger partial charge in [0.1, 0.15) is 10.9 Å². The van der Waals surface area contributed by atoms with Crippen molar-refractivity contribution in [3.05, 3.63) is 99.4 Å². The minimum atomic E-state index is -1.20. The van der Waals surface area contributed by atoms with Gasteiger partial charge >= 0.3 is 5.97 Å².